The molecule has 3 rings (SSSR count). The minimum atomic E-state index is -0.289. The lowest BCUT2D eigenvalue weighted by Crippen LogP contribution is -2.15. The summed E-state index contributed by atoms with van der Waals surface area (Å²) >= 11 is 1.30. The number of carbonyl (C=O) groups is 1. The van der Waals surface area contributed by atoms with Gasteiger partial charge in [-0.3, -0.25) is 4.79 Å². The van der Waals surface area contributed by atoms with Gasteiger partial charge in [0.05, 0.1) is 25.7 Å². The van der Waals surface area contributed by atoms with Crippen LogP contribution in [0.3, 0.4) is 0 Å². The van der Waals surface area contributed by atoms with Gasteiger partial charge in [0.1, 0.15) is 17.2 Å². The summed E-state index contributed by atoms with van der Waals surface area (Å²) in [6.45, 7) is 3.92. The highest BCUT2D eigenvalue weighted by atomic mass is 32.2. The van der Waals surface area contributed by atoms with E-state index in [1.54, 1.807) is 32.4 Å². The van der Waals surface area contributed by atoms with Crippen molar-refractivity contribution in [2.45, 2.75) is 25.1 Å². The first kappa shape index (κ1) is 22.5. The number of nitrogens with one attached hydrogen (secondary N) is 1. The molecule has 1 aromatic heterocycles. The maximum atomic E-state index is 12.5. The van der Waals surface area contributed by atoms with Crippen LogP contribution in [0.5, 0.6) is 17.2 Å². The third kappa shape index (κ3) is 5.49. The lowest BCUT2D eigenvalue weighted by molar-refractivity contribution is -0.113. The lowest BCUT2D eigenvalue weighted by Gasteiger charge is -2.15. The van der Waals surface area contributed by atoms with E-state index in [1.165, 1.54) is 11.8 Å². The second-order valence-electron chi connectivity index (χ2n) is 6.83. The van der Waals surface area contributed by atoms with Gasteiger partial charge in [0.25, 0.3) is 0 Å². The number of methoxy groups -OCH3 is 2. The van der Waals surface area contributed by atoms with Crippen molar-refractivity contribution in [2.75, 3.05) is 25.3 Å². The molecule has 3 aromatic rings. The molecular formula is C22H26N4O4S. The highest BCUT2D eigenvalue weighted by Crippen LogP contribution is 2.29. The number of hydrogen-bond donors (Lipinski definition) is 1. The number of aromatic nitrogens is 3. The molecule has 1 unspecified atom stereocenters. The predicted octanol–water partition coefficient (Wildman–Crippen LogP) is 4.01. The largest absolute Gasteiger partial charge is 0.497 e. The number of carbonyl (C=O) groups excluding carboxylic acids is 1. The number of ether oxygens (including phenoxy) is 3. The van der Waals surface area contributed by atoms with E-state index < -0.39 is 0 Å². The molecule has 2 aromatic carbocycles. The van der Waals surface area contributed by atoms with Crippen LogP contribution in [0.25, 0.3) is 0 Å². The molecule has 0 radical (unpaired) electrons. The normalized spacial score (nSPS) is 11.6. The fourth-order valence-electron chi connectivity index (χ4n) is 2.97. The molecule has 0 spiro atoms. The summed E-state index contributed by atoms with van der Waals surface area (Å²) in [5, 5.41) is 11.9. The molecule has 1 N–H and O–H groups in total. The second-order valence-corrected chi connectivity index (χ2v) is 7.77. The Bertz CT molecular complexity index is 1050. The lowest BCUT2D eigenvalue weighted by atomic mass is 10.2. The summed E-state index contributed by atoms with van der Waals surface area (Å²) in [6, 6.07) is 13.0. The Labute approximate surface area is 185 Å². The average molecular weight is 443 g/mol. The Morgan fingerprint density at radius 2 is 1.90 bits per heavy atom. The van der Waals surface area contributed by atoms with E-state index >= 15 is 0 Å². The van der Waals surface area contributed by atoms with E-state index in [1.807, 2.05) is 49.7 Å². The zero-order valence-corrected chi connectivity index (χ0v) is 19.0. The van der Waals surface area contributed by atoms with Crippen molar-refractivity contribution < 1.29 is 19.0 Å². The van der Waals surface area contributed by atoms with Crippen molar-refractivity contribution in [1.29, 1.82) is 0 Å². The number of benzene rings is 2. The first-order valence-corrected chi connectivity index (χ1v) is 10.7. The average Bonchev–Trinajstić information content (AvgIpc) is 3.14. The molecule has 9 heteroatoms. The third-order valence-corrected chi connectivity index (χ3v) is 5.66. The number of hydrogen-bond acceptors (Lipinski definition) is 7. The fraction of sp³-hybridized carbons (Fsp3) is 0.318. The molecule has 0 fully saturated rings. The molecule has 1 amide bonds. The first-order chi connectivity index (χ1) is 14.9. The minimum absolute atomic E-state index is 0.166. The Kier molecular flexibility index (Phi) is 7.41. The predicted molar refractivity (Wildman–Crippen MR) is 120 cm³/mol. The van der Waals surface area contributed by atoms with Crippen LogP contribution >= 0.6 is 11.8 Å². The van der Waals surface area contributed by atoms with Crippen LogP contribution in [-0.2, 0) is 11.8 Å². The van der Waals surface area contributed by atoms with Gasteiger partial charge in [0.2, 0.25) is 5.91 Å². The highest BCUT2D eigenvalue weighted by Gasteiger charge is 2.19. The Morgan fingerprint density at radius 3 is 2.61 bits per heavy atom. The maximum absolute atomic E-state index is 12.5. The molecule has 31 heavy (non-hydrogen) atoms. The van der Waals surface area contributed by atoms with Crippen molar-refractivity contribution in [2.24, 2.45) is 7.05 Å². The van der Waals surface area contributed by atoms with Gasteiger partial charge in [-0.1, -0.05) is 30.0 Å². The van der Waals surface area contributed by atoms with Crippen molar-refractivity contribution in [3.8, 4) is 17.2 Å². The third-order valence-electron chi connectivity index (χ3n) is 4.64. The summed E-state index contributed by atoms with van der Waals surface area (Å²) in [5.74, 6) is 2.65. The van der Waals surface area contributed by atoms with E-state index in [9.17, 15) is 4.79 Å². The number of amides is 1. The van der Waals surface area contributed by atoms with Gasteiger partial charge in [-0.2, -0.15) is 0 Å². The Balaban J connectivity index is 1.62. The van der Waals surface area contributed by atoms with Crippen LogP contribution in [0.2, 0.25) is 0 Å². The number of para-hydroxylation sites is 1. The van der Waals surface area contributed by atoms with Gasteiger partial charge < -0.3 is 24.1 Å². The smallest absolute Gasteiger partial charge is 0.234 e. The van der Waals surface area contributed by atoms with E-state index in [4.69, 9.17) is 14.2 Å². The molecule has 0 aliphatic heterocycles. The van der Waals surface area contributed by atoms with Gasteiger partial charge in [-0.15, -0.1) is 10.2 Å². The van der Waals surface area contributed by atoms with Gasteiger partial charge in [-0.25, -0.2) is 0 Å². The van der Waals surface area contributed by atoms with Crippen LogP contribution in [0.1, 0.15) is 24.4 Å². The summed E-state index contributed by atoms with van der Waals surface area (Å²) in [6.07, 6.45) is -0.289. The highest BCUT2D eigenvalue weighted by molar-refractivity contribution is 7.99. The molecular weight excluding hydrogens is 416 g/mol. The zero-order chi connectivity index (χ0) is 22.4. The molecule has 1 heterocycles. The van der Waals surface area contributed by atoms with Crippen molar-refractivity contribution in [1.82, 2.24) is 14.8 Å². The number of rotatable bonds is 9. The van der Waals surface area contributed by atoms with E-state index in [0.717, 1.165) is 11.3 Å². The van der Waals surface area contributed by atoms with Crippen molar-refractivity contribution >= 4 is 23.4 Å². The standard InChI is InChI=1S/C22H26N4O4S/c1-14-8-6-7-9-18(14)30-15(2)21-24-25-22(26(21)3)31-13-20(27)23-17-12-16(28-4)10-11-19(17)29-5/h6-12,15H,13H2,1-5H3,(H,23,27). The van der Waals surface area contributed by atoms with Gasteiger partial charge >= 0.3 is 0 Å². The molecule has 0 bridgehead atoms. The van der Waals surface area contributed by atoms with Gasteiger partial charge in [-0.05, 0) is 37.6 Å². The molecule has 8 nitrogen and oxygen atoms in total. The molecule has 0 saturated heterocycles. The molecule has 0 saturated carbocycles. The molecule has 0 aliphatic rings. The summed E-state index contributed by atoms with van der Waals surface area (Å²) in [5.41, 5.74) is 1.60. The minimum Gasteiger partial charge on any atom is -0.497 e. The second kappa shape index (κ2) is 10.2. The van der Waals surface area contributed by atoms with Crippen LogP contribution in [0.4, 0.5) is 5.69 Å². The topological polar surface area (TPSA) is 87.5 Å². The maximum Gasteiger partial charge on any atom is 0.234 e. The summed E-state index contributed by atoms with van der Waals surface area (Å²) in [7, 11) is 4.98. The fourth-order valence-corrected chi connectivity index (χ4v) is 3.68. The SMILES string of the molecule is COc1ccc(OC)c(NC(=O)CSc2nnc(C(C)Oc3ccccc3C)n2C)c1. The number of aryl methyl sites for hydroxylation is 1. The zero-order valence-electron chi connectivity index (χ0n) is 18.2. The van der Waals surface area contributed by atoms with Crippen LogP contribution < -0.4 is 19.5 Å². The van der Waals surface area contributed by atoms with Gasteiger partial charge in [0, 0.05) is 13.1 Å². The quantitative estimate of drug-likeness (QED) is 0.501. The molecule has 0 aliphatic carbocycles. The van der Waals surface area contributed by atoms with Crippen molar-refractivity contribution in [3.63, 3.8) is 0 Å². The van der Waals surface area contributed by atoms with E-state index in [0.29, 0.717) is 28.2 Å². The van der Waals surface area contributed by atoms with Crippen LogP contribution in [0.15, 0.2) is 47.6 Å². The first-order valence-electron chi connectivity index (χ1n) is 9.69. The van der Waals surface area contributed by atoms with Crippen LogP contribution in [0, 0.1) is 6.92 Å². The number of thioether (sulfide) groups is 1. The van der Waals surface area contributed by atoms with Crippen LogP contribution in [-0.4, -0.2) is 40.6 Å². The van der Waals surface area contributed by atoms with Gasteiger partial charge in [0.15, 0.2) is 17.1 Å². The van der Waals surface area contributed by atoms with Crippen molar-refractivity contribution in [3.05, 3.63) is 53.9 Å². The summed E-state index contributed by atoms with van der Waals surface area (Å²) < 4.78 is 18.4. The monoisotopic (exact) mass is 442 g/mol. The molecule has 1 atom stereocenters. The Hall–Kier alpha value is -3.20. The number of anilines is 1. The Morgan fingerprint density at radius 1 is 1.13 bits per heavy atom. The molecule has 164 valence electrons. The van der Waals surface area contributed by atoms with E-state index in [2.05, 4.69) is 15.5 Å². The van der Waals surface area contributed by atoms with E-state index in [-0.39, 0.29) is 17.8 Å². The summed E-state index contributed by atoms with van der Waals surface area (Å²) in [4.78, 5) is 12.5. The number of nitrogens with zero attached hydrogens (tertiary/aromatic N) is 3.